The predicted octanol–water partition coefficient (Wildman–Crippen LogP) is 5.07. The molecule has 35 heavy (non-hydrogen) atoms. The second-order valence-corrected chi connectivity index (χ2v) is 8.21. The van der Waals surface area contributed by atoms with Gasteiger partial charge in [-0.25, -0.2) is 14.2 Å². The summed E-state index contributed by atoms with van der Waals surface area (Å²) in [7, 11) is 0. The van der Waals surface area contributed by atoms with E-state index in [4.69, 9.17) is 27.9 Å². The lowest BCUT2D eigenvalue weighted by atomic mass is 10.2. The molecule has 0 saturated carbocycles. The maximum Gasteiger partial charge on any atom is 0.338 e. The minimum atomic E-state index is -0.827. The standard InChI is InChI=1S/C25H19Cl2N3O5/c1-2-35-25(34)15-3-9-18(10-4-15)28-22(31)21-23(32)29(19-11-5-16(26)6-12-19)30(24(21)33)20-13-7-17(27)8-14-20/h3-14,32H,2H2,1H3,(H,28,31). The number of carbonyl (C=O) groups is 2. The van der Waals surface area contributed by atoms with Crippen LogP contribution in [0.15, 0.2) is 77.6 Å². The van der Waals surface area contributed by atoms with Crippen molar-refractivity contribution in [2.45, 2.75) is 6.92 Å². The minimum Gasteiger partial charge on any atom is -0.493 e. The molecule has 0 saturated heterocycles. The number of ether oxygens (including phenoxy) is 1. The quantitative estimate of drug-likeness (QED) is 0.352. The Balaban J connectivity index is 1.76. The maximum atomic E-state index is 13.4. The van der Waals surface area contributed by atoms with E-state index in [0.717, 1.165) is 4.68 Å². The van der Waals surface area contributed by atoms with Gasteiger partial charge in [-0.05, 0) is 79.7 Å². The van der Waals surface area contributed by atoms with E-state index in [-0.39, 0.29) is 6.61 Å². The molecule has 0 bridgehead atoms. The van der Waals surface area contributed by atoms with Gasteiger partial charge in [0.2, 0.25) is 5.88 Å². The number of nitrogens with one attached hydrogen (secondary N) is 1. The van der Waals surface area contributed by atoms with Crippen molar-refractivity contribution in [2.24, 2.45) is 0 Å². The van der Waals surface area contributed by atoms with E-state index in [0.29, 0.717) is 32.7 Å². The van der Waals surface area contributed by atoms with E-state index in [1.54, 1.807) is 55.5 Å². The van der Waals surface area contributed by atoms with Gasteiger partial charge in [-0.2, -0.15) is 0 Å². The number of aromatic hydroxyl groups is 1. The molecule has 2 N–H and O–H groups in total. The Morgan fingerprint density at radius 1 is 0.857 bits per heavy atom. The highest BCUT2D eigenvalue weighted by Gasteiger charge is 2.27. The van der Waals surface area contributed by atoms with Gasteiger partial charge in [0.25, 0.3) is 11.5 Å². The molecule has 0 unspecified atom stereocenters. The van der Waals surface area contributed by atoms with Gasteiger partial charge in [-0.15, -0.1) is 0 Å². The maximum absolute atomic E-state index is 13.4. The summed E-state index contributed by atoms with van der Waals surface area (Å²) in [6.07, 6.45) is 0. The number of aromatic nitrogens is 2. The van der Waals surface area contributed by atoms with Crippen molar-refractivity contribution >= 4 is 40.8 Å². The average molecular weight is 512 g/mol. The summed E-state index contributed by atoms with van der Waals surface area (Å²) in [5.41, 5.74) is 0.190. The first-order valence-electron chi connectivity index (χ1n) is 10.5. The molecule has 10 heteroatoms. The summed E-state index contributed by atoms with van der Waals surface area (Å²) >= 11 is 12.0. The molecule has 4 rings (SSSR count). The van der Waals surface area contributed by atoms with E-state index >= 15 is 0 Å². The summed E-state index contributed by atoms with van der Waals surface area (Å²) in [6.45, 7) is 1.94. The van der Waals surface area contributed by atoms with Gasteiger partial charge in [-0.3, -0.25) is 9.59 Å². The first-order chi connectivity index (χ1) is 16.8. The van der Waals surface area contributed by atoms with E-state index in [1.165, 1.54) is 28.9 Å². The number of halogens is 2. The number of esters is 1. The third-order valence-corrected chi connectivity index (χ3v) is 5.56. The highest BCUT2D eigenvalue weighted by Crippen LogP contribution is 2.26. The fourth-order valence-corrected chi connectivity index (χ4v) is 3.68. The van der Waals surface area contributed by atoms with E-state index in [9.17, 15) is 19.5 Å². The molecule has 0 aliphatic heterocycles. The van der Waals surface area contributed by atoms with Crippen LogP contribution < -0.4 is 10.9 Å². The number of carbonyl (C=O) groups excluding carboxylic acids is 2. The van der Waals surface area contributed by atoms with Crippen LogP contribution in [-0.2, 0) is 4.74 Å². The Morgan fingerprint density at radius 2 is 1.37 bits per heavy atom. The third-order valence-electron chi connectivity index (χ3n) is 5.05. The van der Waals surface area contributed by atoms with Crippen molar-refractivity contribution in [2.75, 3.05) is 11.9 Å². The van der Waals surface area contributed by atoms with Crippen molar-refractivity contribution < 1.29 is 19.4 Å². The van der Waals surface area contributed by atoms with Gasteiger partial charge >= 0.3 is 5.97 Å². The fraction of sp³-hybridized carbons (Fsp3) is 0.0800. The summed E-state index contributed by atoms with van der Waals surface area (Å²) in [5, 5.41) is 14.5. The second kappa shape index (κ2) is 10.1. The lowest BCUT2D eigenvalue weighted by Gasteiger charge is -2.12. The van der Waals surface area contributed by atoms with E-state index in [2.05, 4.69) is 5.32 Å². The zero-order valence-electron chi connectivity index (χ0n) is 18.4. The molecule has 4 aromatic rings. The molecule has 0 radical (unpaired) electrons. The van der Waals surface area contributed by atoms with Crippen molar-refractivity contribution in [1.82, 2.24) is 9.36 Å². The molecule has 0 fully saturated rings. The van der Waals surface area contributed by atoms with Crippen molar-refractivity contribution in [3.63, 3.8) is 0 Å². The second-order valence-electron chi connectivity index (χ2n) is 7.33. The Labute approximate surface area is 209 Å². The lowest BCUT2D eigenvalue weighted by Crippen LogP contribution is -2.25. The van der Waals surface area contributed by atoms with Crippen molar-refractivity contribution in [3.05, 3.63) is 104 Å². The molecule has 0 aliphatic carbocycles. The number of benzene rings is 3. The molecule has 178 valence electrons. The lowest BCUT2D eigenvalue weighted by molar-refractivity contribution is 0.0526. The number of hydrogen-bond donors (Lipinski definition) is 2. The van der Waals surface area contributed by atoms with Crippen LogP contribution >= 0.6 is 23.2 Å². The Kier molecular flexibility index (Phi) is 6.95. The zero-order valence-corrected chi connectivity index (χ0v) is 19.9. The minimum absolute atomic E-state index is 0.237. The van der Waals surface area contributed by atoms with Gasteiger partial charge < -0.3 is 15.2 Å². The number of anilines is 1. The topological polar surface area (TPSA) is 103 Å². The molecular formula is C25H19Cl2N3O5. The first-order valence-corrected chi connectivity index (χ1v) is 11.2. The van der Waals surface area contributed by atoms with Crippen LogP contribution in [0.4, 0.5) is 5.69 Å². The largest absolute Gasteiger partial charge is 0.493 e. The predicted molar refractivity (Wildman–Crippen MR) is 133 cm³/mol. The van der Waals surface area contributed by atoms with Crippen LogP contribution in [0.3, 0.4) is 0 Å². The van der Waals surface area contributed by atoms with Gasteiger partial charge in [0, 0.05) is 15.7 Å². The van der Waals surface area contributed by atoms with Gasteiger partial charge in [0.05, 0.1) is 23.5 Å². The number of hydrogen-bond acceptors (Lipinski definition) is 5. The SMILES string of the molecule is CCOC(=O)c1ccc(NC(=O)c2c(O)n(-c3ccc(Cl)cc3)n(-c3ccc(Cl)cc3)c2=O)cc1. The molecule has 0 spiro atoms. The number of nitrogens with zero attached hydrogens (tertiary/aromatic N) is 2. The highest BCUT2D eigenvalue weighted by atomic mass is 35.5. The number of amides is 1. The molecule has 1 amide bonds. The molecule has 1 aromatic heterocycles. The van der Waals surface area contributed by atoms with Crippen LogP contribution in [-0.4, -0.2) is 33.0 Å². The molecule has 0 aliphatic rings. The van der Waals surface area contributed by atoms with Gasteiger partial charge in [0.15, 0.2) is 5.56 Å². The average Bonchev–Trinajstić information content (AvgIpc) is 3.10. The zero-order chi connectivity index (χ0) is 25.1. The molecule has 8 nitrogen and oxygen atoms in total. The highest BCUT2D eigenvalue weighted by molar-refractivity contribution is 6.30. The van der Waals surface area contributed by atoms with Crippen LogP contribution in [0.25, 0.3) is 11.4 Å². The molecule has 1 heterocycles. The molecule has 3 aromatic carbocycles. The summed E-state index contributed by atoms with van der Waals surface area (Å²) in [6, 6.07) is 18.7. The monoisotopic (exact) mass is 511 g/mol. The molecular weight excluding hydrogens is 493 g/mol. The van der Waals surface area contributed by atoms with Gasteiger partial charge in [0.1, 0.15) is 0 Å². The summed E-state index contributed by atoms with van der Waals surface area (Å²) in [4.78, 5) is 38.3. The van der Waals surface area contributed by atoms with Gasteiger partial charge in [-0.1, -0.05) is 23.2 Å². The van der Waals surface area contributed by atoms with E-state index < -0.39 is 28.9 Å². The Morgan fingerprint density at radius 3 is 1.89 bits per heavy atom. The summed E-state index contributed by atoms with van der Waals surface area (Å²) < 4.78 is 7.31. The smallest absolute Gasteiger partial charge is 0.338 e. The normalized spacial score (nSPS) is 10.7. The van der Waals surface area contributed by atoms with E-state index in [1.807, 2.05) is 0 Å². The van der Waals surface area contributed by atoms with Crippen molar-refractivity contribution in [3.8, 4) is 17.3 Å². The Bertz CT molecular complexity index is 1440. The molecule has 0 atom stereocenters. The van der Waals surface area contributed by atoms with Crippen molar-refractivity contribution in [1.29, 1.82) is 0 Å². The summed E-state index contributed by atoms with van der Waals surface area (Å²) in [5.74, 6) is -1.88. The number of rotatable bonds is 6. The van der Waals surface area contributed by atoms with Crippen LogP contribution in [0, 0.1) is 0 Å². The Hall–Kier alpha value is -4.01. The van der Waals surface area contributed by atoms with Crippen LogP contribution in [0.2, 0.25) is 10.0 Å². The third kappa shape index (κ3) is 4.94. The van der Waals surface area contributed by atoms with Crippen LogP contribution in [0.5, 0.6) is 5.88 Å². The fourth-order valence-electron chi connectivity index (χ4n) is 3.42. The van der Waals surface area contributed by atoms with Crippen LogP contribution in [0.1, 0.15) is 27.6 Å². The first kappa shape index (κ1) is 24.1.